The van der Waals surface area contributed by atoms with Crippen molar-refractivity contribution >= 4 is 33.5 Å². The van der Waals surface area contributed by atoms with E-state index in [-0.39, 0.29) is 16.4 Å². The fraction of sp³-hybridized carbons (Fsp3) is 0.250. The van der Waals surface area contributed by atoms with Crippen LogP contribution in [0.3, 0.4) is 0 Å². The molecule has 1 N–H and O–H groups in total. The molecule has 1 amide bonds. The van der Waals surface area contributed by atoms with Gasteiger partial charge in [-0.1, -0.05) is 18.2 Å². The van der Waals surface area contributed by atoms with Crippen LogP contribution < -0.4 is 9.62 Å². The number of esters is 1. The number of aromatic nitrogens is 2. The van der Waals surface area contributed by atoms with E-state index in [1.807, 2.05) is 4.90 Å². The first kappa shape index (κ1) is 24.1. The number of sulfonamides is 1. The van der Waals surface area contributed by atoms with Crippen molar-refractivity contribution in [1.82, 2.24) is 14.9 Å². The highest BCUT2D eigenvalue weighted by Gasteiger charge is 2.28. The number of para-hydroxylation sites is 1. The molecule has 2 aromatic carbocycles. The van der Waals surface area contributed by atoms with Crippen molar-refractivity contribution in [2.45, 2.75) is 17.9 Å². The number of benzene rings is 2. The molecule has 1 fully saturated rings. The van der Waals surface area contributed by atoms with Gasteiger partial charge in [0.15, 0.2) is 6.10 Å². The van der Waals surface area contributed by atoms with Gasteiger partial charge in [0.05, 0.1) is 10.5 Å². The van der Waals surface area contributed by atoms with Gasteiger partial charge in [0.25, 0.3) is 15.9 Å². The molecule has 0 spiro atoms. The summed E-state index contributed by atoms with van der Waals surface area (Å²) < 4.78 is 32.9. The van der Waals surface area contributed by atoms with E-state index in [4.69, 9.17) is 4.74 Å². The maximum Gasteiger partial charge on any atom is 0.338 e. The van der Waals surface area contributed by atoms with Crippen molar-refractivity contribution in [3.63, 3.8) is 0 Å². The van der Waals surface area contributed by atoms with E-state index in [2.05, 4.69) is 14.7 Å². The second kappa shape index (κ2) is 10.5. The van der Waals surface area contributed by atoms with Crippen molar-refractivity contribution in [3.05, 3.63) is 78.6 Å². The second-order valence-corrected chi connectivity index (χ2v) is 9.59. The van der Waals surface area contributed by atoms with Crippen LogP contribution in [0, 0.1) is 0 Å². The van der Waals surface area contributed by atoms with Crippen LogP contribution in [0.4, 0.5) is 11.6 Å². The lowest BCUT2D eigenvalue weighted by Gasteiger charge is -2.35. The standard InChI is InChI=1S/C24H25N5O5S/c1-18(22(30)28-14-16-29(17-15-28)24-25-12-5-13-26-24)34-23(31)19-8-10-21(11-9-19)35(32,33)27-20-6-3-2-4-7-20/h2-13,18,27H,14-17H2,1H3. The molecule has 1 unspecified atom stereocenters. The van der Waals surface area contributed by atoms with Crippen LogP contribution in [0.1, 0.15) is 17.3 Å². The van der Waals surface area contributed by atoms with Gasteiger partial charge in [-0.15, -0.1) is 0 Å². The van der Waals surface area contributed by atoms with Gasteiger partial charge in [0.2, 0.25) is 5.95 Å². The van der Waals surface area contributed by atoms with Crippen LogP contribution in [-0.4, -0.2) is 67.4 Å². The predicted molar refractivity (Wildman–Crippen MR) is 129 cm³/mol. The number of amides is 1. The zero-order valence-electron chi connectivity index (χ0n) is 19.1. The molecule has 0 radical (unpaired) electrons. The first-order valence-electron chi connectivity index (χ1n) is 11.0. The van der Waals surface area contributed by atoms with Crippen molar-refractivity contribution < 1.29 is 22.7 Å². The molecule has 0 bridgehead atoms. The third kappa shape index (κ3) is 5.93. The Morgan fingerprint density at radius 2 is 1.54 bits per heavy atom. The number of piperazine rings is 1. The van der Waals surface area contributed by atoms with E-state index < -0.39 is 22.1 Å². The largest absolute Gasteiger partial charge is 0.449 e. The van der Waals surface area contributed by atoms with Gasteiger partial charge in [-0.3, -0.25) is 9.52 Å². The summed E-state index contributed by atoms with van der Waals surface area (Å²) in [4.78, 5) is 37.4. The molecule has 11 heteroatoms. The third-order valence-electron chi connectivity index (χ3n) is 5.48. The lowest BCUT2D eigenvalue weighted by Crippen LogP contribution is -2.52. The van der Waals surface area contributed by atoms with Crippen molar-refractivity contribution in [3.8, 4) is 0 Å². The highest BCUT2D eigenvalue weighted by Crippen LogP contribution is 2.17. The van der Waals surface area contributed by atoms with E-state index in [1.54, 1.807) is 53.7 Å². The summed E-state index contributed by atoms with van der Waals surface area (Å²) in [6.07, 6.45) is 2.36. The molecule has 1 aliphatic heterocycles. The number of carbonyl (C=O) groups excluding carboxylic acids is 2. The molecule has 10 nitrogen and oxygen atoms in total. The Morgan fingerprint density at radius 1 is 0.914 bits per heavy atom. The topological polar surface area (TPSA) is 122 Å². The van der Waals surface area contributed by atoms with Crippen LogP contribution in [0.25, 0.3) is 0 Å². The Balaban J connectivity index is 1.31. The number of nitrogens with zero attached hydrogens (tertiary/aromatic N) is 4. The van der Waals surface area contributed by atoms with Gasteiger partial charge in [-0.25, -0.2) is 23.2 Å². The maximum absolute atomic E-state index is 12.8. The number of carbonyl (C=O) groups is 2. The number of rotatable bonds is 7. The Morgan fingerprint density at radius 3 is 2.17 bits per heavy atom. The molecular formula is C24H25N5O5S. The average Bonchev–Trinajstić information content (AvgIpc) is 2.89. The van der Waals surface area contributed by atoms with Gasteiger partial charge < -0.3 is 14.5 Å². The summed E-state index contributed by atoms with van der Waals surface area (Å²) >= 11 is 0. The van der Waals surface area contributed by atoms with Gasteiger partial charge in [0, 0.05) is 44.3 Å². The minimum absolute atomic E-state index is 0.00212. The summed E-state index contributed by atoms with van der Waals surface area (Å²) in [5, 5.41) is 0. The Bertz CT molecular complexity index is 1260. The van der Waals surface area contributed by atoms with Crippen LogP contribution in [0.2, 0.25) is 0 Å². The quantitative estimate of drug-likeness (QED) is 0.495. The maximum atomic E-state index is 12.8. The lowest BCUT2D eigenvalue weighted by atomic mass is 10.2. The summed E-state index contributed by atoms with van der Waals surface area (Å²) in [7, 11) is -3.81. The molecule has 1 saturated heterocycles. The van der Waals surface area contributed by atoms with E-state index in [0.29, 0.717) is 37.8 Å². The van der Waals surface area contributed by atoms with Gasteiger partial charge in [-0.05, 0) is 49.4 Å². The first-order chi connectivity index (χ1) is 16.8. The number of anilines is 2. The SMILES string of the molecule is CC(OC(=O)c1ccc(S(=O)(=O)Nc2ccccc2)cc1)C(=O)N1CCN(c2ncccn2)CC1. The molecule has 3 aromatic rings. The van der Waals surface area contributed by atoms with E-state index >= 15 is 0 Å². The molecule has 35 heavy (non-hydrogen) atoms. The summed E-state index contributed by atoms with van der Waals surface area (Å²) in [5.41, 5.74) is 0.579. The molecule has 1 aliphatic rings. The predicted octanol–water partition coefficient (Wildman–Crippen LogP) is 2.17. The van der Waals surface area contributed by atoms with Crippen molar-refractivity contribution in [1.29, 1.82) is 0 Å². The van der Waals surface area contributed by atoms with E-state index in [9.17, 15) is 18.0 Å². The summed E-state index contributed by atoms with van der Waals surface area (Å²) in [6, 6.07) is 15.6. The molecule has 0 aliphatic carbocycles. The Kier molecular flexibility index (Phi) is 7.25. The van der Waals surface area contributed by atoms with Crippen LogP contribution in [-0.2, 0) is 19.6 Å². The van der Waals surface area contributed by atoms with E-state index in [1.165, 1.54) is 31.2 Å². The number of hydrogen-bond acceptors (Lipinski definition) is 8. The number of hydrogen-bond donors (Lipinski definition) is 1. The monoisotopic (exact) mass is 495 g/mol. The fourth-order valence-electron chi connectivity index (χ4n) is 3.61. The Labute approximate surface area is 203 Å². The summed E-state index contributed by atoms with van der Waals surface area (Å²) in [6.45, 7) is 3.59. The summed E-state index contributed by atoms with van der Waals surface area (Å²) in [5.74, 6) is -0.385. The number of nitrogens with one attached hydrogen (secondary N) is 1. The molecular weight excluding hydrogens is 470 g/mol. The zero-order chi connectivity index (χ0) is 24.8. The highest BCUT2D eigenvalue weighted by molar-refractivity contribution is 7.92. The van der Waals surface area contributed by atoms with Crippen molar-refractivity contribution in [2.75, 3.05) is 35.8 Å². The minimum atomic E-state index is -3.81. The number of ether oxygens (including phenoxy) is 1. The van der Waals surface area contributed by atoms with E-state index in [0.717, 1.165) is 0 Å². The van der Waals surface area contributed by atoms with Gasteiger partial charge in [0.1, 0.15) is 0 Å². The van der Waals surface area contributed by atoms with Crippen LogP contribution >= 0.6 is 0 Å². The van der Waals surface area contributed by atoms with Crippen LogP contribution in [0.15, 0.2) is 78.0 Å². The lowest BCUT2D eigenvalue weighted by molar-refractivity contribution is -0.140. The molecule has 2 heterocycles. The van der Waals surface area contributed by atoms with Gasteiger partial charge in [-0.2, -0.15) is 0 Å². The third-order valence-corrected chi connectivity index (χ3v) is 6.88. The molecule has 1 atom stereocenters. The second-order valence-electron chi connectivity index (χ2n) is 7.90. The first-order valence-corrected chi connectivity index (χ1v) is 12.5. The molecule has 182 valence electrons. The minimum Gasteiger partial charge on any atom is -0.449 e. The fourth-order valence-corrected chi connectivity index (χ4v) is 4.67. The molecule has 4 rings (SSSR count). The smallest absolute Gasteiger partial charge is 0.338 e. The average molecular weight is 496 g/mol. The van der Waals surface area contributed by atoms with Crippen molar-refractivity contribution in [2.24, 2.45) is 0 Å². The Hall–Kier alpha value is -3.99. The van der Waals surface area contributed by atoms with Crippen LogP contribution in [0.5, 0.6) is 0 Å². The zero-order valence-corrected chi connectivity index (χ0v) is 19.9. The van der Waals surface area contributed by atoms with Gasteiger partial charge >= 0.3 is 5.97 Å². The highest BCUT2D eigenvalue weighted by atomic mass is 32.2. The normalized spacial score (nSPS) is 14.8. The molecule has 0 saturated carbocycles. The molecule has 1 aromatic heterocycles.